The smallest absolute Gasteiger partial charge is 0.321 e. The van der Waals surface area contributed by atoms with Crippen molar-refractivity contribution >= 4 is 23.2 Å². The highest BCUT2D eigenvalue weighted by Crippen LogP contribution is 2.37. The minimum atomic E-state index is -0.101. The number of anilines is 1. The monoisotopic (exact) mass is 442 g/mol. The molecule has 0 spiro atoms. The number of amides is 2. The second-order valence-corrected chi connectivity index (χ2v) is 7.86. The summed E-state index contributed by atoms with van der Waals surface area (Å²) in [5.74, 6) is 3.20. The summed E-state index contributed by atoms with van der Waals surface area (Å²) in [5, 5.41) is 2.98. The number of benzene rings is 3. The number of hydrogen-bond acceptors (Lipinski definition) is 5. The van der Waals surface area contributed by atoms with E-state index in [-0.39, 0.29) is 6.03 Å². The number of rotatable bonds is 3. The van der Waals surface area contributed by atoms with Gasteiger partial charge in [0.1, 0.15) is 23.0 Å². The van der Waals surface area contributed by atoms with Gasteiger partial charge in [-0.1, -0.05) is 24.3 Å². The van der Waals surface area contributed by atoms with Gasteiger partial charge in [-0.3, -0.25) is 0 Å². The molecule has 1 fully saturated rings. The molecule has 0 unspecified atom stereocenters. The lowest BCUT2D eigenvalue weighted by Crippen LogP contribution is -2.51. The Labute approximate surface area is 193 Å². The number of para-hydroxylation sites is 3. The Balaban J connectivity index is 1.28. The zero-order valence-corrected chi connectivity index (χ0v) is 18.5. The van der Waals surface area contributed by atoms with Gasteiger partial charge in [-0.2, -0.15) is 0 Å². The van der Waals surface area contributed by atoms with E-state index in [1.165, 1.54) is 0 Å². The Morgan fingerprint density at radius 1 is 0.939 bits per heavy atom. The molecule has 33 heavy (non-hydrogen) atoms. The third-order valence-corrected chi connectivity index (χ3v) is 5.72. The van der Waals surface area contributed by atoms with Gasteiger partial charge in [0.15, 0.2) is 5.75 Å². The molecule has 2 heterocycles. The summed E-state index contributed by atoms with van der Waals surface area (Å²) >= 11 is 0. The second kappa shape index (κ2) is 9.24. The van der Waals surface area contributed by atoms with Crippen LogP contribution >= 0.6 is 0 Å². The zero-order valence-electron chi connectivity index (χ0n) is 18.5. The molecule has 3 aromatic carbocycles. The summed E-state index contributed by atoms with van der Waals surface area (Å²) in [4.78, 5) is 21.8. The number of aliphatic imine (C=N–C) groups is 1. The van der Waals surface area contributed by atoms with Gasteiger partial charge in [-0.05, 0) is 55.5 Å². The molecule has 0 aromatic heterocycles. The van der Waals surface area contributed by atoms with Crippen LogP contribution in [0.15, 0.2) is 77.8 Å². The maximum absolute atomic E-state index is 12.8. The van der Waals surface area contributed by atoms with E-state index in [1.54, 1.807) is 0 Å². The number of nitrogens with one attached hydrogen (secondary N) is 1. The van der Waals surface area contributed by atoms with Crippen LogP contribution in [0.5, 0.6) is 17.2 Å². The quantitative estimate of drug-likeness (QED) is 0.612. The number of piperazine rings is 1. The lowest BCUT2D eigenvalue weighted by Gasteiger charge is -2.36. The van der Waals surface area contributed by atoms with E-state index in [0.717, 1.165) is 40.0 Å². The molecular weight excluding hydrogens is 416 g/mol. The van der Waals surface area contributed by atoms with Crippen molar-refractivity contribution in [1.82, 2.24) is 9.80 Å². The van der Waals surface area contributed by atoms with Crippen molar-refractivity contribution in [2.24, 2.45) is 4.99 Å². The highest BCUT2D eigenvalue weighted by Gasteiger charge is 2.27. The molecular formula is C26H26N4O3. The molecule has 1 saturated heterocycles. The summed E-state index contributed by atoms with van der Waals surface area (Å²) < 4.78 is 11.6. The highest BCUT2D eigenvalue weighted by atomic mass is 16.5. The molecule has 7 nitrogen and oxygen atoms in total. The predicted molar refractivity (Wildman–Crippen MR) is 129 cm³/mol. The number of ether oxygens (including phenoxy) is 2. The normalized spacial score (nSPS) is 14.9. The van der Waals surface area contributed by atoms with Crippen molar-refractivity contribution < 1.29 is 14.3 Å². The fourth-order valence-electron chi connectivity index (χ4n) is 4.04. The molecule has 2 aliphatic rings. The standard InChI is InChI=1S/C26H26N4O3/c1-2-32-20-13-11-19(12-14-20)27-26(31)30-17-15-29(16-18-30)25-21-7-3-5-9-23(21)33-24-10-6-4-8-22(24)28-25/h3-14H,2,15-18H2,1H3,(H,27,31). The Hall–Kier alpha value is -4.00. The summed E-state index contributed by atoms with van der Waals surface area (Å²) in [6.45, 7) is 5.14. The fourth-order valence-corrected chi connectivity index (χ4v) is 4.04. The van der Waals surface area contributed by atoms with Crippen molar-refractivity contribution in [3.05, 3.63) is 78.4 Å². The van der Waals surface area contributed by atoms with Crippen LogP contribution in [0.4, 0.5) is 16.2 Å². The Morgan fingerprint density at radius 3 is 2.39 bits per heavy atom. The Bertz CT molecular complexity index is 1170. The SMILES string of the molecule is CCOc1ccc(NC(=O)N2CCN(C3=Nc4ccccc4Oc4ccccc43)CC2)cc1. The Morgan fingerprint density at radius 2 is 1.64 bits per heavy atom. The van der Waals surface area contributed by atoms with E-state index in [0.29, 0.717) is 32.8 Å². The minimum Gasteiger partial charge on any atom is -0.494 e. The minimum absolute atomic E-state index is 0.101. The number of urea groups is 1. The molecule has 0 saturated carbocycles. The molecule has 0 radical (unpaired) electrons. The first kappa shape index (κ1) is 20.9. The molecule has 7 heteroatoms. The van der Waals surface area contributed by atoms with E-state index in [1.807, 2.05) is 84.6 Å². The van der Waals surface area contributed by atoms with Crippen molar-refractivity contribution in [2.75, 3.05) is 38.1 Å². The highest BCUT2D eigenvalue weighted by molar-refractivity contribution is 6.04. The first-order valence-corrected chi connectivity index (χ1v) is 11.2. The van der Waals surface area contributed by atoms with Crippen LogP contribution in [0.3, 0.4) is 0 Å². The second-order valence-electron chi connectivity index (χ2n) is 7.86. The van der Waals surface area contributed by atoms with Gasteiger partial charge in [0.25, 0.3) is 0 Å². The largest absolute Gasteiger partial charge is 0.494 e. The summed E-state index contributed by atoms with van der Waals surface area (Å²) in [6, 6.07) is 23.1. The van der Waals surface area contributed by atoms with Crippen LogP contribution in [0.2, 0.25) is 0 Å². The van der Waals surface area contributed by atoms with E-state index < -0.39 is 0 Å². The van der Waals surface area contributed by atoms with Crippen molar-refractivity contribution in [1.29, 1.82) is 0 Å². The van der Waals surface area contributed by atoms with Gasteiger partial charge < -0.3 is 24.6 Å². The van der Waals surface area contributed by atoms with Crippen LogP contribution in [-0.2, 0) is 0 Å². The average Bonchev–Trinajstić information content (AvgIpc) is 3.02. The maximum Gasteiger partial charge on any atom is 0.321 e. The van der Waals surface area contributed by atoms with Gasteiger partial charge in [0.2, 0.25) is 0 Å². The van der Waals surface area contributed by atoms with E-state index in [4.69, 9.17) is 14.5 Å². The molecule has 168 valence electrons. The summed E-state index contributed by atoms with van der Waals surface area (Å²) in [7, 11) is 0. The number of carbonyl (C=O) groups excluding carboxylic acids is 1. The maximum atomic E-state index is 12.8. The molecule has 0 aliphatic carbocycles. The van der Waals surface area contributed by atoms with Gasteiger partial charge in [0.05, 0.1) is 12.2 Å². The number of nitrogens with zero attached hydrogens (tertiary/aromatic N) is 3. The van der Waals surface area contributed by atoms with E-state index in [9.17, 15) is 4.79 Å². The molecule has 5 rings (SSSR count). The van der Waals surface area contributed by atoms with Crippen LogP contribution in [0.25, 0.3) is 0 Å². The molecule has 3 aromatic rings. The van der Waals surface area contributed by atoms with Crippen LogP contribution in [0.1, 0.15) is 12.5 Å². The van der Waals surface area contributed by atoms with Gasteiger partial charge in [-0.15, -0.1) is 0 Å². The molecule has 0 atom stereocenters. The predicted octanol–water partition coefficient (Wildman–Crippen LogP) is 5.12. The summed E-state index contributed by atoms with van der Waals surface area (Å²) in [6.07, 6.45) is 0. The van der Waals surface area contributed by atoms with Gasteiger partial charge >= 0.3 is 6.03 Å². The topological polar surface area (TPSA) is 66.4 Å². The number of hydrogen-bond donors (Lipinski definition) is 1. The average molecular weight is 443 g/mol. The van der Waals surface area contributed by atoms with Gasteiger partial charge in [0, 0.05) is 31.9 Å². The van der Waals surface area contributed by atoms with E-state index >= 15 is 0 Å². The third kappa shape index (κ3) is 4.48. The number of carbonyl (C=O) groups is 1. The van der Waals surface area contributed by atoms with Gasteiger partial charge in [-0.25, -0.2) is 9.79 Å². The number of fused-ring (bicyclic) bond motifs is 2. The van der Waals surface area contributed by atoms with Crippen molar-refractivity contribution in [2.45, 2.75) is 6.92 Å². The lowest BCUT2D eigenvalue weighted by atomic mass is 10.1. The fraction of sp³-hybridized carbons (Fsp3) is 0.231. The summed E-state index contributed by atoms with van der Waals surface area (Å²) in [5.41, 5.74) is 2.52. The molecule has 1 N–H and O–H groups in total. The van der Waals surface area contributed by atoms with Crippen LogP contribution in [0, 0.1) is 0 Å². The van der Waals surface area contributed by atoms with E-state index in [2.05, 4.69) is 10.2 Å². The van der Waals surface area contributed by atoms with Crippen LogP contribution < -0.4 is 14.8 Å². The van der Waals surface area contributed by atoms with Crippen LogP contribution in [-0.4, -0.2) is 54.5 Å². The van der Waals surface area contributed by atoms with Crippen molar-refractivity contribution in [3.63, 3.8) is 0 Å². The first-order chi connectivity index (χ1) is 16.2. The molecule has 2 amide bonds. The lowest BCUT2D eigenvalue weighted by molar-refractivity contribution is 0.181. The Kier molecular flexibility index (Phi) is 5.85. The van der Waals surface area contributed by atoms with Crippen molar-refractivity contribution in [3.8, 4) is 17.2 Å². The number of amidine groups is 1. The molecule has 0 bridgehead atoms. The zero-order chi connectivity index (χ0) is 22.6. The first-order valence-electron chi connectivity index (χ1n) is 11.2. The molecule has 2 aliphatic heterocycles. The third-order valence-electron chi connectivity index (χ3n) is 5.72.